The van der Waals surface area contributed by atoms with Crippen molar-refractivity contribution in [2.45, 2.75) is 32.1 Å². The number of methoxy groups -OCH3 is 1. The van der Waals surface area contributed by atoms with E-state index in [2.05, 4.69) is 31.9 Å². The number of aromatic hydroxyl groups is 1. The second-order valence-electron chi connectivity index (χ2n) is 9.27. The summed E-state index contributed by atoms with van der Waals surface area (Å²) in [6.45, 7) is 2.28. The maximum Gasteiger partial charge on any atom is 0.233 e. The lowest BCUT2D eigenvalue weighted by Crippen LogP contribution is -2.39. The monoisotopic (exact) mass is 603 g/mol. The van der Waals surface area contributed by atoms with Gasteiger partial charge in [-0.15, -0.1) is 0 Å². The fourth-order valence-electron chi connectivity index (χ4n) is 6.04. The van der Waals surface area contributed by atoms with E-state index < -0.39 is 23.7 Å². The number of hydrogen-bond donors (Lipinski definition) is 1. The lowest BCUT2D eigenvalue weighted by molar-refractivity contribution is -0.140. The van der Waals surface area contributed by atoms with Gasteiger partial charge in [0.05, 0.1) is 23.4 Å². The molecule has 0 spiro atoms. The van der Waals surface area contributed by atoms with Crippen molar-refractivity contribution >= 4 is 55.2 Å². The maximum atomic E-state index is 13.4. The number of hydrogen-bond acceptors (Lipinski definition) is 6. The highest BCUT2D eigenvalue weighted by molar-refractivity contribution is 9.12. The third-order valence-corrected chi connectivity index (χ3v) is 8.52. The molecule has 1 fully saturated rings. The van der Waals surface area contributed by atoms with E-state index in [1.165, 1.54) is 18.1 Å². The van der Waals surface area contributed by atoms with Gasteiger partial charge in [-0.05, 0) is 53.2 Å². The number of likely N-dealkylation sites (tertiary alicyclic amines) is 1. The smallest absolute Gasteiger partial charge is 0.233 e. The Hall–Kier alpha value is -2.52. The first kappa shape index (κ1) is 24.2. The minimum Gasteiger partial charge on any atom is -0.504 e. The minimum atomic E-state index is -0.743. The molecule has 1 saturated heterocycles. The highest BCUT2D eigenvalue weighted by Crippen LogP contribution is 2.57. The average molecular weight is 605 g/mol. The van der Waals surface area contributed by atoms with Crippen molar-refractivity contribution in [3.05, 3.63) is 55.5 Å². The van der Waals surface area contributed by atoms with Gasteiger partial charge in [0.15, 0.2) is 23.1 Å². The van der Waals surface area contributed by atoms with Gasteiger partial charge in [0, 0.05) is 39.7 Å². The van der Waals surface area contributed by atoms with Gasteiger partial charge in [0.25, 0.3) is 0 Å². The van der Waals surface area contributed by atoms with Gasteiger partial charge >= 0.3 is 0 Å². The lowest BCUT2D eigenvalue weighted by atomic mass is 9.59. The van der Waals surface area contributed by atoms with E-state index in [0.717, 1.165) is 5.57 Å². The summed E-state index contributed by atoms with van der Waals surface area (Å²) in [6.07, 6.45) is 4.42. The predicted octanol–water partition coefficient (Wildman–Crippen LogP) is 4.34. The van der Waals surface area contributed by atoms with Crippen LogP contribution < -0.4 is 4.74 Å². The Labute approximate surface area is 219 Å². The molecule has 182 valence electrons. The topological polar surface area (TPSA) is 101 Å². The number of carbonyl (C=O) groups excluding carboxylic acids is 4. The van der Waals surface area contributed by atoms with E-state index >= 15 is 0 Å². The van der Waals surface area contributed by atoms with Crippen LogP contribution in [0.2, 0.25) is 0 Å². The Morgan fingerprint density at radius 3 is 2.54 bits per heavy atom. The summed E-state index contributed by atoms with van der Waals surface area (Å²) in [6, 6.07) is 3.32. The molecule has 7 nitrogen and oxygen atoms in total. The normalized spacial score (nSPS) is 27.9. The SMILES string of the molecule is CCCN1C(=O)C2CC=C3C(c4cc(Br)cc(OC)c4O)C4=C(CC3C2C1=O)C(=O)C(Br)=CC4=O. The first-order chi connectivity index (χ1) is 16.7. The number of Topliss-reactive ketones (excluding diaryl/α,β-unsaturated/α-hetero) is 1. The van der Waals surface area contributed by atoms with Crippen LogP contribution in [0.25, 0.3) is 0 Å². The minimum absolute atomic E-state index is 0.133. The summed E-state index contributed by atoms with van der Waals surface area (Å²) < 4.78 is 6.14. The van der Waals surface area contributed by atoms with Crippen LogP contribution in [-0.4, -0.2) is 47.0 Å². The van der Waals surface area contributed by atoms with Gasteiger partial charge in [-0.2, -0.15) is 0 Å². The van der Waals surface area contributed by atoms with Crippen molar-refractivity contribution in [2.24, 2.45) is 17.8 Å². The zero-order valence-corrected chi connectivity index (χ0v) is 22.3. The molecular formula is C26H23Br2NO6. The zero-order valence-electron chi connectivity index (χ0n) is 19.1. The molecule has 4 unspecified atom stereocenters. The zero-order chi connectivity index (χ0) is 25.2. The van der Waals surface area contributed by atoms with Gasteiger partial charge in [-0.25, -0.2) is 0 Å². The molecule has 1 aliphatic heterocycles. The quantitative estimate of drug-likeness (QED) is 0.312. The maximum absolute atomic E-state index is 13.4. The highest BCUT2D eigenvalue weighted by Gasteiger charge is 2.56. The van der Waals surface area contributed by atoms with Gasteiger partial charge < -0.3 is 9.84 Å². The molecule has 9 heteroatoms. The fourth-order valence-corrected chi connectivity index (χ4v) is 6.94. The van der Waals surface area contributed by atoms with Crippen molar-refractivity contribution in [2.75, 3.05) is 13.7 Å². The van der Waals surface area contributed by atoms with E-state index in [-0.39, 0.29) is 45.8 Å². The molecule has 1 aromatic carbocycles. The third-order valence-electron chi connectivity index (χ3n) is 7.47. The van der Waals surface area contributed by atoms with Crippen LogP contribution in [0.4, 0.5) is 0 Å². The first-order valence-electron chi connectivity index (χ1n) is 11.5. The molecule has 0 radical (unpaired) electrons. The van der Waals surface area contributed by atoms with Crippen LogP contribution in [0.15, 0.2) is 50.0 Å². The van der Waals surface area contributed by atoms with Crippen molar-refractivity contribution in [3.8, 4) is 11.5 Å². The summed E-state index contributed by atoms with van der Waals surface area (Å²) >= 11 is 6.66. The van der Waals surface area contributed by atoms with Gasteiger partial charge in [-0.3, -0.25) is 24.1 Å². The van der Waals surface area contributed by atoms with E-state index in [4.69, 9.17) is 4.74 Å². The Morgan fingerprint density at radius 2 is 1.86 bits per heavy atom. The van der Waals surface area contributed by atoms with Crippen molar-refractivity contribution in [3.63, 3.8) is 0 Å². The number of carbonyl (C=O) groups is 4. The Kier molecular flexibility index (Phi) is 6.12. The molecule has 0 saturated carbocycles. The molecule has 1 N–H and O–H groups in total. The molecule has 1 aromatic rings. The van der Waals surface area contributed by atoms with Crippen LogP contribution in [0.1, 0.15) is 37.7 Å². The molecule has 5 rings (SSSR count). The number of allylic oxidation sites excluding steroid dienone is 6. The van der Waals surface area contributed by atoms with Crippen LogP contribution in [0, 0.1) is 17.8 Å². The lowest BCUT2D eigenvalue weighted by Gasteiger charge is -2.42. The molecule has 4 atom stereocenters. The molecule has 0 aromatic heterocycles. The number of phenolic OH excluding ortho intramolecular Hbond substituents is 1. The second kappa shape index (κ2) is 8.85. The first-order valence-corrected chi connectivity index (χ1v) is 13.1. The Bertz CT molecular complexity index is 1290. The third kappa shape index (κ3) is 3.57. The highest BCUT2D eigenvalue weighted by atomic mass is 79.9. The molecule has 3 aliphatic carbocycles. The standard InChI is InChI=1S/C26H23Br2NO6/c1-3-6-29-25(33)13-5-4-12-14(21(13)26(29)34)9-16-22(18(30)10-17(28)23(16)31)20(12)15-7-11(27)8-19(35-2)24(15)32/h4,7-8,10,13-14,20-21,32H,3,5-6,9H2,1-2H3. The number of ketones is 2. The molecule has 1 heterocycles. The van der Waals surface area contributed by atoms with Crippen LogP contribution in [0.5, 0.6) is 11.5 Å². The second-order valence-corrected chi connectivity index (χ2v) is 11.0. The molecule has 35 heavy (non-hydrogen) atoms. The van der Waals surface area contributed by atoms with E-state index in [1.807, 2.05) is 13.0 Å². The van der Waals surface area contributed by atoms with Crippen molar-refractivity contribution in [1.29, 1.82) is 0 Å². The summed E-state index contributed by atoms with van der Waals surface area (Å²) in [5.74, 6) is -3.20. The number of fused-ring (bicyclic) bond motifs is 3. The number of nitrogens with zero attached hydrogens (tertiary/aromatic N) is 1. The molecular weight excluding hydrogens is 582 g/mol. The molecule has 2 amide bonds. The molecule has 4 aliphatic rings. The number of imide groups is 1. The largest absolute Gasteiger partial charge is 0.504 e. The van der Waals surface area contributed by atoms with Crippen LogP contribution in [-0.2, 0) is 19.2 Å². The Balaban J connectivity index is 1.72. The number of phenols is 1. The summed E-state index contributed by atoms with van der Waals surface area (Å²) in [7, 11) is 1.43. The van der Waals surface area contributed by atoms with Gasteiger partial charge in [0.2, 0.25) is 11.8 Å². The van der Waals surface area contributed by atoms with E-state index in [9.17, 15) is 24.3 Å². The predicted molar refractivity (Wildman–Crippen MR) is 134 cm³/mol. The Morgan fingerprint density at radius 1 is 1.11 bits per heavy atom. The number of halogens is 2. The number of amides is 2. The van der Waals surface area contributed by atoms with E-state index in [1.54, 1.807) is 12.1 Å². The average Bonchev–Trinajstić information content (AvgIpc) is 3.07. The van der Waals surface area contributed by atoms with Gasteiger partial charge in [-0.1, -0.05) is 34.5 Å². The van der Waals surface area contributed by atoms with Crippen molar-refractivity contribution < 1.29 is 29.0 Å². The van der Waals surface area contributed by atoms with Crippen LogP contribution >= 0.6 is 31.9 Å². The summed E-state index contributed by atoms with van der Waals surface area (Å²) in [5.41, 5.74) is 1.82. The number of ether oxygens (including phenoxy) is 1. The fraction of sp³-hybridized carbons (Fsp3) is 0.385. The molecule has 0 bridgehead atoms. The number of benzene rings is 1. The van der Waals surface area contributed by atoms with E-state index in [0.29, 0.717) is 40.6 Å². The van der Waals surface area contributed by atoms with Gasteiger partial charge in [0.1, 0.15) is 0 Å². The summed E-state index contributed by atoms with van der Waals surface area (Å²) in [5, 5.41) is 11.1. The summed E-state index contributed by atoms with van der Waals surface area (Å²) in [4.78, 5) is 54.4. The van der Waals surface area contributed by atoms with Crippen LogP contribution in [0.3, 0.4) is 0 Å². The van der Waals surface area contributed by atoms with Crippen molar-refractivity contribution in [1.82, 2.24) is 4.90 Å². The number of rotatable bonds is 4.